The lowest BCUT2D eigenvalue weighted by Gasteiger charge is -2.15. The molecule has 1 nitrogen and oxygen atoms in total. The van der Waals surface area contributed by atoms with E-state index in [0.717, 1.165) is 6.54 Å². The second-order valence-electron chi connectivity index (χ2n) is 4.94. The molecule has 1 heteroatoms. The highest BCUT2D eigenvalue weighted by molar-refractivity contribution is 5.30. The average molecular weight is 239 g/mol. The maximum absolute atomic E-state index is 3.58. The van der Waals surface area contributed by atoms with E-state index < -0.39 is 0 Å². The van der Waals surface area contributed by atoms with Crippen molar-refractivity contribution in [1.29, 1.82) is 0 Å². The van der Waals surface area contributed by atoms with E-state index in [1.54, 1.807) is 0 Å². The number of nitrogens with one attached hydrogen (secondary N) is 1. The predicted octanol–water partition coefficient (Wildman–Crippen LogP) is 4.15. The van der Waals surface area contributed by atoms with Crippen LogP contribution in [0.4, 0.5) is 0 Å². The van der Waals surface area contributed by atoms with Crippen LogP contribution < -0.4 is 5.32 Å². The fourth-order valence-electron chi connectivity index (χ4n) is 2.11. The summed E-state index contributed by atoms with van der Waals surface area (Å²) in [6, 6.07) is 17.6. The first-order chi connectivity index (χ1) is 8.66. The third-order valence-electron chi connectivity index (χ3n) is 3.40. The third-order valence-corrected chi connectivity index (χ3v) is 3.40. The fourth-order valence-corrected chi connectivity index (χ4v) is 2.11. The highest BCUT2D eigenvalue weighted by Gasteiger charge is 2.05. The van der Waals surface area contributed by atoms with E-state index in [1.165, 1.54) is 22.3 Å². The number of hydrogen-bond donors (Lipinski definition) is 1. The van der Waals surface area contributed by atoms with Crippen LogP contribution in [0.1, 0.15) is 35.2 Å². The molecule has 2 aromatic rings. The monoisotopic (exact) mass is 239 g/mol. The summed E-state index contributed by atoms with van der Waals surface area (Å²) in [5.74, 6) is 0. The normalized spacial score (nSPS) is 12.4. The molecule has 0 aliphatic heterocycles. The Balaban J connectivity index is 2.01. The maximum atomic E-state index is 3.58. The molecule has 18 heavy (non-hydrogen) atoms. The maximum Gasteiger partial charge on any atom is 0.0294 e. The Hall–Kier alpha value is -1.60. The Kier molecular flexibility index (Phi) is 4.16. The summed E-state index contributed by atoms with van der Waals surface area (Å²) >= 11 is 0. The molecule has 0 heterocycles. The van der Waals surface area contributed by atoms with Crippen LogP contribution in [0.15, 0.2) is 48.5 Å². The minimum atomic E-state index is 0.381. The van der Waals surface area contributed by atoms with E-state index in [1.807, 2.05) is 0 Å². The van der Waals surface area contributed by atoms with Crippen LogP contribution in [0, 0.1) is 13.8 Å². The van der Waals surface area contributed by atoms with Crippen LogP contribution in [0.3, 0.4) is 0 Å². The van der Waals surface area contributed by atoms with Gasteiger partial charge in [-0.25, -0.2) is 0 Å². The zero-order chi connectivity index (χ0) is 13.0. The van der Waals surface area contributed by atoms with Gasteiger partial charge in [0.05, 0.1) is 0 Å². The van der Waals surface area contributed by atoms with Gasteiger partial charge in [-0.2, -0.15) is 0 Å². The van der Waals surface area contributed by atoms with Crippen molar-refractivity contribution in [2.45, 2.75) is 33.4 Å². The van der Waals surface area contributed by atoms with E-state index in [2.05, 4.69) is 74.6 Å². The molecule has 0 aliphatic rings. The molecule has 94 valence electrons. The molecule has 0 spiro atoms. The molecule has 0 saturated carbocycles. The summed E-state index contributed by atoms with van der Waals surface area (Å²) in [7, 11) is 0. The largest absolute Gasteiger partial charge is 0.306 e. The van der Waals surface area contributed by atoms with Crippen molar-refractivity contribution in [2.24, 2.45) is 0 Å². The first-order valence-corrected chi connectivity index (χ1v) is 6.51. The molecule has 0 fully saturated rings. The fraction of sp³-hybridized carbons (Fsp3) is 0.294. The molecule has 0 unspecified atom stereocenters. The molecule has 1 atom stereocenters. The average Bonchev–Trinajstić information content (AvgIpc) is 2.40. The van der Waals surface area contributed by atoms with Crippen LogP contribution in [0.2, 0.25) is 0 Å². The van der Waals surface area contributed by atoms with Crippen LogP contribution >= 0.6 is 0 Å². The molecule has 0 bridgehead atoms. The minimum absolute atomic E-state index is 0.381. The summed E-state index contributed by atoms with van der Waals surface area (Å²) in [6.45, 7) is 7.44. The standard InChI is InChI=1S/C17H21N/c1-13-9-10-14(2)17(11-13)12-18-15(3)16-7-5-4-6-8-16/h4-11,15,18H,12H2,1-3H3/t15-/m1/s1. The van der Waals surface area contributed by atoms with Crippen molar-refractivity contribution in [3.63, 3.8) is 0 Å². The second kappa shape index (κ2) is 5.83. The molecule has 2 rings (SSSR count). The number of benzene rings is 2. The van der Waals surface area contributed by atoms with Crippen LogP contribution in [0.25, 0.3) is 0 Å². The Morgan fingerprint density at radius 1 is 1.00 bits per heavy atom. The summed E-state index contributed by atoms with van der Waals surface area (Å²) in [6.07, 6.45) is 0. The first kappa shape index (κ1) is 12.8. The van der Waals surface area contributed by atoms with Gasteiger partial charge in [-0.3, -0.25) is 0 Å². The highest BCUT2D eigenvalue weighted by Crippen LogP contribution is 2.15. The summed E-state index contributed by atoms with van der Waals surface area (Å²) in [5, 5.41) is 3.58. The first-order valence-electron chi connectivity index (χ1n) is 6.51. The molecular weight excluding hydrogens is 218 g/mol. The van der Waals surface area contributed by atoms with Crippen molar-refractivity contribution in [1.82, 2.24) is 5.32 Å². The van der Waals surface area contributed by atoms with Gasteiger partial charge in [0.2, 0.25) is 0 Å². The third kappa shape index (κ3) is 3.21. The summed E-state index contributed by atoms with van der Waals surface area (Å²) < 4.78 is 0. The molecule has 0 amide bonds. The molecule has 0 aromatic heterocycles. The lowest BCUT2D eigenvalue weighted by Crippen LogP contribution is -2.18. The Labute approximate surface area is 110 Å². The van der Waals surface area contributed by atoms with E-state index in [0.29, 0.717) is 6.04 Å². The Bertz CT molecular complexity index is 502. The minimum Gasteiger partial charge on any atom is -0.306 e. The van der Waals surface area contributed by atoms with Crippen molar-refractivity contribution in [3.8, 4) is 0 Å². The van der Waals surface area contributed by atoms with Gasteiger partial charge in [0.15, 0.2) is 0 Å². The van der Waals surface area contributed by atoms with Crippen LogP contribution in [-0.2, 0) is 6.54 Å². The Morgan fingerprint density at radius 3 is 2.44 bits per heavy atom. The van der Waals surface area contributed by atoms with Crippen LogP contribution in [0.5, 0.6) is 0 Å². The van der Waals surface area contributed by atoms with Gasteiger partial charge in [-0.05, 0) is 37.5 Å². The quantitative estimate of drug-likeness (QED) is 0.845. The van der Waals surface area contributed by atoms with Gasteiger partial charge in [0, 0.05) is 12.6 Å². The lowest BCUT2D eigenvalue weighted by molar-refractivity contribution is 0.573. The van der Waals surface area contributed by atoms with Gasteiger partial charge < -0.3 is 5.32 Å². The van der Waals surface area contributed by atoms with E-state index in [-0.39, 0.29) is 0 Å². The molecule has 0 aliphatic carbocycles. The number of aryl methyl sites for hydroxylation is 2. The summed E-state index contributed by atoms with van der Waals surface area (Å²) in [4.78, 5) is 0. The zero-order valence-electron chi connectivity index (χ0n) is 11.4. The van der Waals surface area contributed by atoms with Gasteiger partial charge >= 0.3 is 0 Å². The lowest BCUT2D eigenvalue weighted by atomic mass is 10.0. The van der Waals surface area contributed by atoms with Crippen molar-refractivity contribution in [3.05, 3.63) is 70.8 Å². The van der Waals surface area contributed by atoms with E-state index in [4.69, 9.17) is 0 Å². The smallest absolute Gasteiger partial charge is 0.0294 e. The van der Waals surface area contributed by atoms with Crippen molar-refractivity contribution < 1.29 is 0 Å². The molecule has 2 aromatic carbocycles. The van der Waals surface area contributed by atoms with Crippen molar-refractivity contribution >= 4 is 0 Å². The zero-order valence-corrected chi connectivity index (χ0v) is 11.4. The highest BCUT2D eigenvalue weighted by atomic mass is 14.9. The van der Waals surface area contributed by atoms with Gasteiger partial charge in [-0.15, -0.1) is 0 Å². The van der Waals surface area contributed by atoms with Crippen molar-refractivity contribution in [2.75, 3.05) is 0 Å². The SMILES string of the molecule is Cc1ccc(C)c(CN[C@H](C)c2ccccc2)c1. The van der Waals surface area contributed by atoms with Crippen LogP contribution in [-0.4, -0.2) is 0 Å². The number of hydrogen-bond acceptors (Lipinski definition) is 1. The van der Waals surface area contributed by atoms with Gasteiger partial charge in [0.1, 0.15) is 0 Å². The van der Waals surface area contributed by atoms with E-state index >= 15 is 0 Å². The van der Waals surface area contributed by atoms with E-state index in [9.17, 15) is 0 Å². The molecule has 0 saturated heterocycles. The number of rotatable bonds is 4. The Morgan fingerprint density at radius 2 is 1.72 bits per heavy atom. The molecule has 0 radical (unpaired) electrons. The second-order valence-corrected chi connectivity index (χ2v) is 4.94. The topological polar surface area (TPSA) is 12.0 Å². The van der Waals surface area contributed by atoms with Gasteiger partial charge in [-0.1, -0.05) is 54.1 Å². The molecular formula is C17H21N. The van der Waals surface area contributed by atoms with Gasteiger partial charge in [0.25, 0.3) is 0 Å². The summed E-state index contributed by atoms with van der Waals surface area (Å²) in [5.41, 5.74) is 5.40. The predicted molar refractivity (Wildman–Crippen MR) is 77.6 cm³/mol. The molecule has 1 N–H and O–H groups in total.